The van der Waals surface area contributed by atoms with Gasteiger partial charge in [0.15, 0.2) is 11.0 Å². The lowest BCUT2D eigenvalue weighted by atomic mass is 9.99. The minimum atomic E-state index is -0.372. The van der Waals surface area contributed by atoms with Crippen molar-refractivity contribution in [2.45, 2.75) is 50.1 Å². The van der Waals surface area contributed by atoms with Gasteiger partial charge in [0, 0.05) is 26.1 Å². The summed E-state index contributed by atoms with van der Waals surface area (Å²) < 4.78 is 1.89. The van der Waals surface area contributed by atoms with Gasteiger partial charge in [-0.15, -0.1) is 21.5 Å². The van der Waals surface area contributed by atoms with Crippen LogP contribution in [0.25, 0.3) is 10.7 Å². The Morgan fingerprint density at radius 2 is 2.11 bits per heavy atom. The zero-order valence-corrected chi connectivity index (χ0v) is 17.3. The minimum Gasteiger partial charge on any atom is -0.370 e. The molecule has 1 aliphatic rings. The van der Waals surface area contributed by atoms with Gasteiger partial charge in [0.1, 0.15) is 0 Å². The molecule has 0 bridgehead atoms. The Morgan fingerprint density at radius 3 is 2.74 bits per heavy atom. The highest BCUT2D eigenvalue weighted by atomic mass is 32.2. The molecule has 0 aliphatic carbocycles. The molecule has 1 atom stereocenters. The topological polar surface area (TPSA) is 94.1 Å². The van der Waals surface area contributed by atoms with Crippen LogP contribution in [-0.4, -0.2) is 49.8 Å². The molecule has 2 aromatic heterocycles. The monoisotopic (exact) mass is 407 g/mol. The van der Waals surface area contributed by atoms with Crippen LogP contribution >= 0.6 is 23.1 Å². The Morgan fingerprint density at radius 1 is 1.37 bits per heavy atom. The van der Waals surface area contributed by atoms with Gasteiger partial charge in [-0.2, -0.15) is 0 Å². The summed E-state index contributed by atoms with van der Waals surface area (Å²) >= 11 is 2.96. The Kier molecular flexibility index (Phi) is 6.54. The number of thiophene rings is 1. The van der Waals surface area contributed by atoms with Crippen molar-refractivity contribution in [1.29, 1.82) is 0 Å². The maximum Gasteiger partial charge on any atom is 0.235 e. The van der Waals surface area contributed by atoms with Crippen LogP contribution < -0.4 is 5.73 Å². The lowest BCUT2D eigenvalue weighted by molar-refractivity contribution is -0.131. The van der Waals surface area contributed by atoms with Gasteiger partial charge in [-0.1, -0.05) is 24.8 Å². The number of aromatic nitrogens is 3. The molecule has 1 saturated heterocycles. The Bertz CT molecular complexity index is 782. The predicted molar refractivity (Wildman–Crippen MR) is 107 cm³/mol. The molecule has 2 amide bonds. The second kappa shape index (κ2) is 8.88. The third-order valence-corrected chi connectivity index (χ3v) is 6.70. The molecule has 7 nitrogen and oxygen atoms in total. The van der Waals surface area contributed by atoms with Crippen molar-refractivity contribution in [1.82, 2.24) is 19.7 Å². The normalized spacial score (nSPS) is 16.4. The predicted octanol–water partition coefficient (Wildman–Crippen LogP) is 2.62. The van der Waals surface area contributed by atoms with Crippen LogP contribution in [0.2, 0.25) is 0 Å². The van der Waals surface area contributed by atoms with Gasteiger partial charge in [-0.3, -0.25) is 9.59 Å². The first kappa shape index (κ1) is 19.9. The highest BCUT2D eigenvalue weighted by Gasteiger charge is 2.27. The van der Waals surface area contributed by atoms with E-state index in [0.29, 0.717) is 23.4 Å². The van der Waals surface area contributed by atoms with Gasteiger partial charge in [0.25, 0.3) is 0 Å². The molecule has 1 unspecified atom stereocenters. The Labute approximate surface area is 167 Å². The fourth-order valence-electron chi connectivity index (χ4n) is 3.08. The lowest BCUT2D eigenvalue weighted by Gasteiger charge is -2.31. The molecule has 0 radical (unpaired) electrons. The zero-order valence-electron chi connectivity index (χ0n) is 15.6. The average Bonchev–Trinajstić information content (AvgIpc) is 3.29. The van der Waals surface area contributed by atoms with Crippen molar-refractivity contribution in [2.24, 2.45) is 11.7 Å². The molecule has 9 heteroatoms. The summed E-state index contributed by atoms with van der Waals surface area (Å²) in [7, 11) is 0. The number of primary amides is 1. The Hall–Kier alpha value is -1.87. The standard InChI is InChI=1S/C18H25N5O2S2/c1-12-5-8-22(9-6-12)17(25)13(2)27-18-21-20-16(14-4-3-11-26-14)23(18)10-7-15(19)24/h3-4,11-13H,5-10H2,1-2H3,(H2,19,24). The largest absolute Gasteiger partial charge is 0.370 e. The number of thioether (sulfide) groups is 1. The summed E-state index contributed by atoms with van der Waals surface area (Å²) in [6.07, 6.45) is 2.32. The van der Waals surface area contributed by atoms with E-state index in [2.05, 4.69) is 17.1 Å². The number of piperidine rings is 1. The molecular weight excluding hydrogens is 382 g/mol. The van der Waals surface area contributed by atoms with Crippen molar-refractivity contribution in [3.8, 4) is 10.7 Å². The van der Waals surface area contributed by atoms with Crippen LogP contribution in [0.4, 0.5) is 0 Å². The second-order valence-electron chi connectivity index (χ2n) is 6.92. The fraction of sp³-hybridized carbons (Fsp3) is 0.556. The maximum atomic E-state index is 12.8. The van der Waals surface area contributed by atoms with E-state index in [4.69, 9.17) is 5.73 Å². The number of likely N-dealkylation sites (tertiary alicyclic amines) is 1. The van der Waals surface area contributed by atoms with Crippen molar-refractivity contribution < 1.29 is 9.59 Å². The minimum absolute atomic E-state index is 0.133. The van der Waals surface area contributed by atoms with Crippen LogP contribution in [0.1, 0.15) is 33.1 Å². The number of amides is 2. The maximum absolute atomic E-state index is 12.8. The number of carbonyl (C=O) groups excluding carboxylic acids is 2. The van der Waals surface area contributed by atoms with Crippen LogP contribution in [0.5, 0.6) is 0 Å². The molecule has 2 aromatic rings. The lowest BCUT2D eigenvalue weighted by Crippen LogP contribution is -2.41. The summed E-state index contributed by atoms with van der Waals surface area (Å²) in [6, 6.07) is 3.91. The Balaban J connectivity index is 1.75. The molecule has 1 fully saturated rings. The molecule has 146 valence electrons. The molecule has 1 aliphatic heterocycles. The van der Waals surface area contributed by atoms with E-state index >= 15 is 0 Å². The fourth-order valence-corrected chi connectivity index (χ4v) is 4.76. The molecule has 3 rings (SSSR count). The summed E-state index contributed by atoms with van der Waals surface area (Å²) in [6.45, 7) is 6.18. The van der Waals surface area contributed by atoms with Gasteiger partial charge < -0.3 is 15.2 Å². The first-order valence-corrected chi connectivity index (χ1v) is 10.9. The third kappa shape index (κ3) is 4.90. The van der Waals surface area contributed by atoms with Crippen LogP contribution in [0.3, 0.4) is 0 Å². The quantitative estimate of drug-likeness (QED) is 0.712. The number of hydrogen-bond donors (Lipinski definition) is 1. The summed E-state index contributed by atoms with van der Waals surface area (Å²) in [5.41, 5.74) is 5.33. The molecule has 27 heavy (non-hydrogen) atoms. The molecule has 0 spiro atoms. The van der Waals surface area contributed by atoms with Crippen LogP contribution in [-0.2, 0) is 16.1 Å². The molecule has 2 N–H and O–H groups in total. The first-order chi connectivity index (χ1) is 13.0. The highest BCUT2D eigenvalue weighted by Crippen LogP contribution is 2.30. The van der Waals surface area contributed by atoms with Crippen molar-refractivity contribution >= 4 is 34.9 Å². The number of rotatable bonds is 7. The van der Waals surface area contributed by atoms with Crippen molar-refractivity contribution in [3.63, 3.8) is 0 Å². The van der Waals surface area contributed by atoms with E-state index in [1.54, 1.807) is 11.3 Å². The van der Waals surface area contributed by atoms with Gasteiger partial charge in [-0.05, 0) is 37.1 Å². The SMILES string of the molecule is CC1CCN(C(=O)C(C)Sc2nnc(-c3cccs3)n2CCC(N)=O)CC1. The number of nitrogens with two attached hydrogens (primary N) is 1. The molecule has 0 aromatic carbocycles. The number of hydrogen-bond acceptors (Lipinski definition) is 6. The van der Waals surface area contributed by atoms with Gasteiger partial charge in [0.05, 0.1) is 10.1 Å². The van der Waals surface area contributed by atoms with E-state index in [1.807, 2.05) is 33.9 Å². The van der Waals surface area contributed by atoms with Crippen LogP contribution in [0.15, 0.2) is 22.7 Å². The molecular formula is C18H25N5O2S2. The van der Waals surface area contributed by atoms with Crippen molar-refractivity contribution in [2.75, 3.05) is 13.1 Å². The van der Waals surface area contributed by atoms with Gasteiger partial charge in [0.2, 0.25) is 11.8 Å². The summed E-state index contributed by atoms with van der Waals surface area (Å²) in [5.74, 6) is 1.15. The number of carbonyl (C=O) groups is 2. The second-order valence-corrected chi connectivity index (χ2v) is 9.17. The van der Waals surface area contributed by atoms with Crippen LogP contribution in [0, 0.1) is 5.92 Å². The number of nitrogens with zero attached hydrogens (tertiary/aromatic N) is 4. The van der Waals surface area contributed by atoms with E-state index in [1.165, 1.54) is 11.8 Å². The van der Waals surface area contributed by atoms with E-state index in [-0.39, 0.29) is 23.5 Å². The van der Waals surface area contributed by atoms with Gasteiger partial charge >= 0.3 is 0 Å². The summed E-state index contributed by atoms with van der Waals surface area (Å²) in [4.78, 5) is 27.0. The zero-order chi connectivity index (χ0) is 19.4. The average molecular weight is 408 g/mol. The van der Waals surface area contributed by atoms with E-state index < -0.39 is 0 Å². The smallest absolute Gasteiger partial charge is 0.235 e. The first-order valence-electron chi connectivity index (χ1n) is 9.16. The van der Waals surface area contributed by atoms with E-state index in [9.17, 15) is 9.59 Å². The molecule has 3 heterocycles. The van der Waals surface area contributed by atoms with Gasteiger partial charge in [-0.25, -0.2) is 0 Å². The van der Waals surface area contributed by atoms with E-state index in [0.717, 1.165) is 30.8 Å². The molecule has 0 saturated carbocycles. The third-order valence-electron chi connectivity index (χ3n) is 4.77. The summed E-state index contributed by atoms with van der Waals surface area (Å²) in [5, 5.41) is 10.9. The van der Waals surface area contributed by atoms with Crippen molar-refractivity contribution in [3.05, 3.63) is 17.5 Å². The highest BCUT2D eigenvalue weighted by molar-refractivity contribution is 8.00.